The average Bonchev–Trinajstić information content (AvgIpc) is 3.21. The van der Waals surface area contributed by atoms with Crippen LogP contribution in [0.5, 0.6) is 5.75 Å². The normalized spacial score (nSPS) is 12.5. The van der Waals surface area contributed by atoms with Gasteiger partial charge in [-0.05, 0) is 79.3 Å². The Balaban J connectivity index is 1.31. The fourth-order valence-corrected chi connectivity index (χ4v) is 5.31. The molecule has 2 aromatic carbocycles. The molecule has 36 heavy (non-hydrogen) atoms. The van der Waals surface area contributed by atoms with Crippen LogP contribution in [0.2, 0.25) is 10.0 Å². The molecule has 0 radical (unpaired) electrons. The molecule has 0 unspecified atom stereocenters. The molecule has 4 rings (SSSR count). The van der Waals surface area contributed by atoms with Crippen LogP contribution >= 0.6 is 34.5 Å². The zero-order chi connectivity index (χ0) is 25.7. The average molecular weight is 541 g/mol. The lowest BCUT2D eigenvalue weighted by Gasteiger charge is -2.09. The molecule has 11 heteroatoms. The summed E-state index contributed by atoms with van der Waals surface area (Å²) in [7, 11) is 0. The van der Waals surface area contributed by atoms with Crippen LogP contribution in [0, 0.1) is 11.3 Å². The Hall–Kier alpha value is -3.71. The van der Waals surface area contributed by atoms with Crippen molar-refractivity contribution in [1.82, 2.24) is 5.43 Å². The van der Waals surface area contributed by atoms with E-state index in [1.807, 2.05) is 0 Å². The topological polar surface area (TPSA) is 121 Å². The lowest BCUT2D eigenvalue weighted by molar-refractivity contribution is -0.136. The number of carbonyl (C=O) groups is 3. The number of nitrogens with zero attached hydrogens (tertiary/aromatic N) is 2. The van der Waals surface area contributed by atoms with Crippen LogP contribution in [-0.2, 0) is 22.4 Å². The van der Waals surface area contributed by atoms with Crippen LogP contribution < -0.4 is 15.5 Å². The number of carbonyl (C=O) groups excluding carboxylic acids is 3. The highest BCUT2D eigenvalue weighted by Gasteiger charge is 2.23. The zero-order valence-electron chi connectivity index (χ0n) is 18.6. The highest BCUT2D eigenvalue weighted by molar-refractivity contribution is 7.16. The number of fused-ring (bicyclic) bond motifs is 1. The van der Waals surface area contributed by atoms with E-state index in [0.29, 0.717) is 21.2 Å². The molecule has 0 fully saturated rings. The molecule has 0 bridgehead atoms. The van der Waals surface area contributed by atoms with Crippen molar-refractivity contribution in [3.63, 3.8) is 0 Å². The third-order valence-electron chi connectivity index (χ3n) is 5.34. The van der Waals surface area contributed by atoms with Gasteiger partial charge in [0.15, 0.2) is 0 Å². The van der Waals surface area contributed by atoms with Gasteiger partial charge in [0.05, 0.1) is 22.4 Å². The lowest BCUT2D eigenvalue weighted by atomic mass is 9.96. The lowest BCUT2D eigenvalue weighted by Crippen LogP contribution is -2.32. The summed E-state index contributed by atoms with van der Waals surface area (Å²) in [6, 6.07) is 12.9. The minimum Gasteiger partial charge on any atom is -0.423 e. The van der Waals surface area contributed by atoms with Gasteiger partial charge in [-0.2, -0.15) is 10.4 Å². The second-order valence-electron chi connectivity index (χ2n) is 7.76. The summed E-state index contributed by atoms with van der Waals surface area (Å²) in [6.07, 6.45) is 5.04. The summed E-state index contributed by atoms with van der Waals surface area (Å²) < 4.78 is 5.30. The van der Waals surface area contributed by atoms with Gasteiger partial charge in [-0.3, -0.25) is 9.59 Å². The number of hydrogen-bond acceptors (Lipinski definition) is 7. The summed E-state index contributed by atoms with van der Waals surface area (Å²) in [4.78, 5) is 37.8. The van der Waals surface area contributed by atoms with Gasteiger partial charge in [0.2, 0.25) is 0 Å². The Kier molecular flexibility index (Phi) is 8.00. The number of amides is 2. The van der Waals surface area contributed by atoms with Gasteiger partial charge in [-0.25, -0.2) is 10.2 Å². The molecule has 0 atom stereocenters. The first-order chi connectivity index (χ1) is 17.4. The predicted octanol–water partition coefficient (Wildman–Crippen LogP) is 5.11. The highest BCUT2D eigenvalue weighted by atomic mass is 35.5. The third-order valence-corrected chi connectivity index (χ3v) is 7.09. The standard InChI is InChI=1S/C25H18Cl2N4O4S/c26-15-7-10-18(20(27)11-15)25(34)35-16-8-5-14(6-9-16)13-29-31-23(33)22(32)30-24-19(12-28)17-3-1-2-4-21(17)36-24/h5-11,13H,1-4H2,(H,30,32)(H,31,33). The van der Waals surface area contributed by atoms with Gasteiger partial charge >= 0.3 is 17.8 Å². The maximum Gasteiger partial charge on any atom is 0.345 e. The van der Waals surface area contributed by atoms with Crippen molar-refractivity contribution in [2.24, 2.45) is 5.10 Å². The largest absolute Gasteiger partial charge is 0.423 e. The molecule has 1 heterocycles. The molecule has 0 spiro atoms. The molecular weight excluding hydrogens is 523 g/mol. The van der Waals surface area contributed by atoms with Crippen molar-refractivity contribution >= 4 is 63.5 Å². The van der Waals surface area contributed by atoms with Crippen LogP contribution in [0.3, 0.4) is 0 Å². The molecule has 8 nitrogen and oxygen atoms in total. The molecule has 3 aromatic rings. The highest BCUT2D eigenvalue weighted by Crippen LogP contribution is 2.37. The van der Waals surface area contributed by atoms with Crippen molar-refractivity contribution in [3.8, 4) is 11.8 Å². The summed E-state index contributed by atoms with van der Waals surface area (Å²) >= 11 is 13.2. The van der Waals surface area contributed by atoms with Crippen molar-refractivity contribution in [1.29, 1.82) is 5.26 Å². The van der Waals surface area contributed by atoms with E-state index < -0.39 is 17.8 Å². The Morgan fingerprint density at radius 2 is 1.81 bits per heavy atom. The van der Waals surface area contributed by atoms with E-state index in [0.717, 1.165) is 36.1 Å². The number of hydrogen-bond donors (Lipinski definition) is 2. The number of thiophene rings is 1. The number of anilines is 1. The van der Waals surface area contributed by atoms with E-state index in [1.54, 1.807) is 24.3 Å². The molecule has 182 valence electrons. The minimum absolute atomic E-state index is 0.178. The van der Waals surface area contributed by atoms with E-state index in [2.05, 4.69) is 21.9 Å². The van der Waals surface area contributed by atoms with Crippen molar-refractivity contribution < 1.29 is 19.1 Å². The number of nitriles is 1. The third kappa shape index (κ3) is 5.91. The van der Waals surface area contributed by atoms with E-state index >= 15 is 0 Å². The molecule has 2 amide bonds. The number of aryl methyl sites for hydroxylation is 1. The van der Waals surface area contributed by atoms with Gasteiger partial charge in [-0.15, -0.1) is 11.3 Å². The molecule has 1 aromatic heterocycles. The Morgan fingerprint density at radius 3 is 2.53 bits per heavy atom. The zero-order valence-corrected chi connectivity index (χ0v) is 21.0. The first-order valence-corrected chi connectivity index (χ1v) is 12.4. The maximum absolute atomic E-state index is 12.3. The predicted molar refractivity (Wildman–Crippen MR) is 138 cm³/mol. The van der Waals surface area contributed by atoms with E-state index in [4.69, 9.17) is 27.9 Å². The second kappa shape index (κ2) is 11.4. The Bertz CT molecular complexity index is 1410. The monoisotopic (exact) mass is 540 g/mol. The Labute approximate surface area is 220 Å². The first kappa shape index (κ1) is 25.4. The number of rotatable bonds is 5. The van der Waals surface area contributed by atoms with Crippen molar-refractivity contribution in [3.05, 3.63) is 79.6 Å². The number of nitrogens with one attached hydrogen (secondary N) is 2. The van der Waals surface area contributed by atoms with Crippen molar-refractivity contribution in [2.75, 3.05) is 5.32 Å². The SMILES string of the molecule is N#Cc1c(NC(=O)C(=O)NN=Cc2ccc(OC(=O)c3ccc(Cl)cc3Cl)cc2)sc2c1CCCC2. The molecule has 0 aliphatic heterocycles. The second-order valence-corrected chi connectivity index (χ2v) is 9.71. The summed E-state index contributed by atoms with van der Waals surface area (Å²) in [5, 5.41) is 16.7. The van der Waals surface area contributed by atoms with Crippen LogP contribution in [0.25, 0.3) is 0 Å². The van der Waals surface area contributed by atoms with Crippen LogP contribution in [-0.4, -0.2) is 24.0 Å². The van der Waals surface area contributed by atoms with Gasteiger partial charge in [0, 0.05) is 9.90 Å². The molecule has 0 saturated carbocycles. The molecule has 0 saturated heterocycles. The van der Waals surface area contributed by atoms with Gasteiger partial charge in [0.25, 0.3) is 0 Å². The minimum atomic E-state index is -0.966. The van der Waals surface area contributed by atoms with E-state index in [1.165, 1.54) is 35.8 Å². The van der Waals surface area contributed by atoms with Crippen LogP contribution in [0.1, 0.15) is 44.8 Å². The smallest absolute Gasteiger partial charge is 0.345 e. The maximum atomic E-state index is 12.3. The number of esters is 1. The number of halogens is 2. The molecule has 2 N–H and O–H groups in total. The molecular formula is C25H18Cl2N4O4S. The van der Waals surface area contributed by atoms with Crippen molar-refractivity contribution in [2.45, 2.75) is 25.7 Å². The first-order valence-electron chi connectivity index (χ1n) is 10.8. The van der Waals surface area contributed by atoms with Gasteiger partial charge < -0.3 is 10.1 Å². The fraction of sp³-hybridized carbons (Fsp3) is 0.160. The number of hydrazone groups is 1. The fourth-order valence-electron chi connectivity index (χ4n) is 3.59. The van der Waals surface area contributed by atoms with E-state index in [-0.39, 0.29) is 16.3 Å². The molecule has 1 aliphatic carbocycles. The Morgan fingerprint density at radius 1 is 1.06 bits per heavy atom. The van der Waals surface area contributed by atoms with Crippen LogP contribution in [0.15, 0.2) is 47.6 Å². The quantitative estimate of drug-likeness (QED) is 0.153. The van der Waals surface area contributed by atoms with E-state index in [9.17, 15) is 19.6 Å². The summed E-state index contributed by atoms with van der Waals surface area (Å²) in [5.74, 6) is -2.24. The summed E-state index contributed by atoms with van der Waals surface area (Å²) in [5.41, 5.74) is 4.31. The van der Waals surface area contributed by atoms with Gasteiger partial charge in [0.1, 0.15) is 16.8 Å². The summed E-state index contributed by atoms with van der Waals surface area (Å²) in [6.45, 7) is 0. The molecule has 1 aliphatic rings. The number of benzene rings is 2. The van der Waals surface area contributed by atoms with Gasteiger partial charge in [-0.1, -0.05) is 23.2 Å². The number of ether oxygens (including phenoxy) is 1. The van der Waals surface area contributed by atoms with Crippen LogP contribution in [0.4, 0.5) is 5.00 Å².